The number of carboxylic acids is 1. The molecule has 0 radical (unpaired) electrons. The number of aromatic carboxylic acids is 1. The van der Waals surface area contributed by atoms with E-state index in [1.807, 2.05) is 6.92 Å². The molecule has 0 spiro atoms. The van der Waals surface area contributed by atoms with Crippen LogP contribution >= 0.6 is 15.9 Å². The number of aromatic nitrogens is 2. The maximum Gasteiger partial charge on any atom is 0.356 e. The number of carboxylic acid groups (broad SMARTS) is 1. The van der Waals surface area contributed by atoms with E-state index >= 15 is 0 Å². The topological polar surface area (TPSA) is 64.4 Å². The van der Waals surface area contributed by atoms with Crippen molar-refractivity contribution in [3.63, 3.8) is 0 Å². The Bertz CT molecular complexity index is 742. The molecule has 1 aromatic carbocycles. The smallest absolute Gasteiger partial charge is 0.356 e. The van der Waals surface area contributed by atoms with E-state index in [2.05, 4.69) is 21.0 Å². The van der Waals surface area contributed by atoms with Gasteiger partial charge in [0.2, 0.25) is 0 Å². The Morgan fingerprint density at radius 3 is 3.00 bits per heavy atom. The monoisotopic (exact) mass is 354 g/mol. The van der Waals surface area contributed by atoms with Crippen LogP contribution in [0.3, 0.4) is 0 Å². The van der Waals surface area contributed by atoms with Crippen molar-refractivity contribution in [2.75, 3.05) is 6.61 Å². The molecule has 0 atom stereocenters. The van der Waals surface area contributed by atoms with Crippen molar-refractivity contribution in [3.8, 4) is 5.69 Å². The van der Waals surface area contributed by atoms with Crippen molar-refractivity contribution in [2.24, 2.45) is 0 Å². The second-order valence-electron chi connectivity index (χ2n) is 4.85. The summed E-state index contributed by atoms with van der Waals surface area (Å²) in [6.45, 7) is 2.54. The van der Waals surface area contributed by atoms with E-state index in [0.29, 0.717) is 28.8 Å². The minimum atomic E-state index is -1.11. The lowest BCUT2D eigenvalue weighted by Gasteiger charge is -2.16. The molecule has 0 unspecified atom stereocenters. The zero-order valence-corrected chi connectivity index (χ0v) is 12.8. The van der Waals surface area contributed by atoms with Crippen LogP contribution in [0.25, 0.3) is 5.69 Å². The van der Waals surface area contributed by atoms with Gasteiger partial charge in [-0.1, -0.05) is 0 Å². The van der Waals surface area contributed by atoms with Crippen molar-refractivity contribution >= 4 is 21.9 Å². The summed E-state index contributed by atoms with van der Waals surface area (Å²) in [5.74, 6) is -1.52. The summed E-state index contributed by atoms with van der Waals surface area (Å²) >= 11 is 3.14. The van der Waals surface area contributed by atoms with E-state index in [0.717, 1.165) is 11.3 Å². The van der Waals surface area contributed by atoms with Crippen LogP contribution in [0.4, 0.5) is 4.39 Å². The number of benzene rings is 1. The second kappa shape index (κ2) is 5.23. The summed E-state index contributed by atoms with van der Waals surface area (Å²) in [5, 5.41) is 13.4. The number of hydrogen-bond donors (Lipinski definition) is 1. The van der Waals surface area contributed by atoms with Crippen LogP contribution < -0.4 is 0 Å². The molecule has 110 valence electrons. The van der Waals surface area contributed by atoms with Crippen molar-refractivity contribution in [2.45, 2.75) is 20.0 Å². The molecule has 1 aliphatic heterocycles. The molecule has 1 aromatic heterocycles. The molecule has 0 fully saturated rings. The van der Waals surface area contributed by atoms with Gasteiger partial charge in [0.05, 0.1) is 29.1 Å². The summed E-state index contributed by atoms with van der Waals surface area (Å²) in [4.78, 5) is 11.3. The average Bonchev–Trinajstić information content (AvgIpc) is 2.82. The summed E-state index contributed by atoms with van der Waals surface area (Å²) in [6.07, 6.45) is 0.548. The number of rotatable bonds is 2. The number of aryl methyl sites for hydroxylation is 1. The first-order valence-corrected chi connectivity index (χ1v) is 7.16. The van der Waals surface area contributed by atoms with E-state index in [9.17, 15) is 14.3 Å². The molecule has 0 amide bonds. The Labute approximate surface area is 128 Å². The summed E-state index contributed by atoms with van der Waals surface area (Å²) in [7, 11) is 0. The van der Waals surface area contributed by atoms with Crippen molar-refractivity contribution in [3.05, 3.63) is 44.9 Å². The predicted molar refractivity (Wildman–Crippen MR) is 76.3 cm³/mol. The number of nitrogens with zero attached hydrogens (tertiary/aromatic N) is 2. The van der Waals surface area contributed by atoms with Gasteiger partial charge < -0.3 is 9.84 Å². The Hall–Kier alpha value is -1.73. The number of ether oxygens (including phenoxy) is 1. The maximum absolute atomic E-state index is 13.8. The molecular formula is C14H12BrFN2O3. The highest BCUT2D eigenvalue weighted by molar-refractivity contribution is 9.10. The number of carbonyl (C=O) groups is 1. The lowest BCUT2D eigenvalue weighted by molar-refractivity contribution is 0.0677. The molecule has 0 aliphatic carbocycles. The van der Waals surface area contributed by atoms with Crippen LogP contribution in [0.2, 0.25) is 0 Å². The third-order valence-electron chi connectivity index (χ3n) is 3.49. The third kappa shape index (κ3) is 2.36. The summed E-state index contributed by atoms with van der Waals surface area (Å²) in [6, 6.07) is 3.01. The molecule has 5 nitrogen and oxygen atoms in total. The molecule has 21 heavy (non-hydrogen) atoms. The molecule has 2 heterocycles. The van der Waals surface area contributed by atoms with Crippen LogP contribution in [0.5, 0.6) is 0 Å². The molecule has 0 saturated carbocycles. The molecule has 1 N–H and O–H groups in total. The number of fused-ring (bicyclic) bond motifs is 1. The van der Waals surface area contributed by atoms with Crippen LogP contribution in [-0.2, 0) is 17.8 Å². The molecule has 0 saturated heterocycles. The van der Waals surface area contributed by atoms with E-state index in [1.54, 1.807) is 6.07 Å². The highest BCUT2D eigenvalue weighted by Crippen LogP contribution is 2.28. The minimum absolute atomic E-state index is 0.0348. The quantitative estimate of drug-likeness (QED) is 0.900. The van der Waals surface area contributed by atoms with Gasteiger partial charge in [-0.25, -0.2) is 13.9 Å². The SMILES string of the molecule is Cc1cc(Br)c(F)cc1-n1nc(C(=O)O)c2c1CCOC2. The van der Waals surface area contributed by atoms with Gasteiger partial charge >= 0.3 is 5.97 Å². The largest absolute Gasteiger partial charge is 0.476 e. The van der Waals surface area contributed by atoms with Crippen LogP contribution in [-0.4, -0.2) is 27.5 Å². The lowest BCUT2D eigenvalue weighted by atomic mass is 10.1. The first-order valence-electron chi connectivity index (χ1n) is 6.37. The van der Waals surface area contributed by atoms with Crippen LogP contribution in [0.15, 0.2) is 16.6 Å². The summed E-state index contributed by atoms with van der Waals surface area (Å²) < 4.78 is 21.0. The first-order chi connectivity index (χ1) is 9.99. The van der Waals surface area contributed by atoms with Gasteiger partial charge in [-0.15, -0.1) is 0 Å². The van der Waals surface area contributed by atoms with Gasteiger partial charge in [0.15, 0.2) is 5.69 Å². The predicted octanol–water partition coefficient (Wildman–Crippen LogP) is 2.85. The average molecular weight is 355 g/mol. The van der Waals surface area contributed by atoms with Gasteiger partial charge in [0, 0.05) is 18.1 Å². The van der Waals surface area contributed by atoms with Gasteiger partial charge in [-0.3, -0.25) is 0 Å². The molecule has 1 aliphatic rings. The molecule has 0 bridgehead atoms. The number of hydrogen-bond acceptors (Lipinski definition) is 3. The standard InChI is InChI=1S/C14H12BrFN2O3/c1-7-4-9(15)10(16)5-12(7)18-11-2-3-21-6-8(11)13(17-18)14(19)20/h4-5H,2-3,6H2,1H3,(H,19,20). The molecule has 3 rings (SSSR count). The second-order valence-corrected chi connectivity index (χ2v) is 5.70. The maximum atomic E-state index is 13.8. The van der Waals surface area contributed by atoms with Crippen molar-refractivity contribution < 1.29 is 19.0 Å². The highest BCUT2D eigenvalue weighted by atomic mass is 79.9. The fourth-order valence-corrected chi connectivity index (χ4v) is 2.93. The lowest BCUT2D eigenvalue weighted by Crippen LogP contribution is -2.14. The zero-order valence-electron chi connectivity index (χ0n) is 11.2. The Morgan fingerprint density at radius 1 is 1.52 bits per heavy atom. The van der Waals surface area contributed by atoms with Crippen molar-refractivity contribution in [1.29, 1.82) is 0 Å². The van der Waals surface area contributed by atoms with E-state index in [1.165, 1.54) is 10.7 Å². The van der Waals surface area contributed by atoms with E-state index in [-0.39, 0.29) is 12.3 Å². The van der Waals surface area contributed by atoms with Gasteiger partial charge in [-0.2, -0.15) is 5.10 Å². The zero-order chi connectivity index (χ0) is 15.1. The summed E-state index contributed by atoms with van der Waals surface area (Å²) in [5.41, 5.74) is 2.64. The van der Waals surface area contributed by atoms with Gasteiger partial charge in [0.1, 0.15) is 5.82 Å². The third-order valence-corrected chi connectivity index (χ3v) is 4.10. The van der Waals surface area contributed by atoms with Crippen LogP contribution in [0.1, 0.15) is 27.3 Å². The molecule has 2 aromatic rings. The van der Waals surface area contributed by atoms with Gasteiger partial charge in [-0.05, 0) is 34.5 Å². The Kier molecular flexibility index (Phi) is 3.54. The normalized spacial score (nSPS) is 14.0. The number of halogens is 2. The Balaban J connectivity index is 2.24. The fourth-order valence-electron chi connectivity index (χ4n) is 2.47. The first kappa shape index (κ1) is 14.2. The molecule has 7 heteroatoms. The van der Waals surface area contributed by atoms with Crippen molar-refractivity contribution in [1.82, 2.24) is 9.78 Å². The highest BCUT2D eigenvalue weighted by Gasteiger charge is 2.26. The minimum Gasteiger partial charge on any atom is -0.476 e. The van der Waals surface area contributed by atoms with Crippen LogP contribution in [0, 0.1) is 12.7 Å². The van der Waals surface area contributed by atoms with Gasteiger partial charge in [0.25, 0.3) is 0 Å². The Morgan fingerprint density at radius 2 is 2.29 bits per heavy atom. The van der Waals surface area contributed by atoms with E-state index in [4.69, 9.17) is 4.74 Å². The van der Waals surface area contributed by atoms with E-state index < -0.39 is 11.8 Å². The fraction of sp³-hybridized carbons (Fsp3) is 0.286. The molecular weight excluding hydrogens is 343 g/mol.